The Morgan fingerprint density at radius 2 is 1.91 bits per heavy atom. The lowest BCUT2D eigenvalue weighted by atomic mass is 10.1. The van der Waals surface area contributed by atoms with Crippen molar-refractivity contribution in [3.63, 3.8) is 0 Å². The lowest BCUT2D eigenvalue weighted by molar-refractivity contribution is -0.147. The van der Waals surface area contributed by atoms with Crippen LogP contribution < -0.4 is 4.72 Å². The predicted octanol–water partition coefficient (Wildman–Crippen LogP) is 5.09. The molecule has 0 aliphatic heterocycles. The predicted molar refractivity (Wildman–Crippen MR) is 121 cm³/mol. The molecular weight excluding hydrogens is 465 g/mol. The first-order valence-electron chi connectivity index (χ1n) is 10.6. The summed E-state index contributed by atoms with van der Waals surface area (Å²) in [6, 6.07) is 7.46. The second-order valence-electron chi connectivity index (χ2n) is 8.43. The van der Waals surface area contributed by atoms with Gasteiger partial charge in [0.1, 0.15) is 12.1 Å². The zero-order chi connectivity index (χ0) is 24.3. The van der Waals surface area contributed by atoms with Crippen molar-refractivity contribution in [2.75, 3.05) is 0 Å². The monoisotopic (exact) mass is 484 g/mol. The lowest BCUT2D eigenvalue weighted by Gasteiger charge is -2.18. The maximum absolute atomic E-state index is 12.8. The summed E-state index contributed by atoms with van der Waals surface area (Å²) in [6.45, 7) is 0.743. The van der Waals surface area contributed by atoms with Crippen LogP contribution in [0.3, 0.4) is 0 Å². The van der Waals surface area contributed by atoms with Crippen molar-refractivity contribution in [3.05, 3.63) is 66.0 Å². The van der Waals surface area contributed by atoms with Crippen LogP contribution in [0, 0.1) is 11.3 Å². The number of nitrogens with zero attached hydrogens (tertiary/aromatic N) is 3. The number of rotatable bonds is 6. The summed E-state index contributed by atoms with van der Waals surface area (Å²) in [7, 11) is -4.38. The molecule has 1 aromatic carbocycles. The first-order chi connectivity index (χ1) is 16.1. The quantitative estimate of drug-likeness (QED) is 0.528. The topological polar surface area (TPSA) is 87.8 Å². The van der Waals surface area contributed by atoms with E-state index >= 15 is 0 Å². The van der Waals surface area contributed by atoms with E-state index in [1.54, 1.807) is 10.9 Å². The summed E-state index contributed by atoms with van der Waals surface area (Å²) in [5, 5.41) is 10.8. The average molecular weight is 485 g/mol. The zero-order valence-corrected chi connectivity index (χ0v) is 18.8. The number of alkyl halides is 3. The zero-order valence-electron chi connectivity index (χ0n) is 18.0. The van der Waals surface area contributed by atoms with Crippen molar-refractivity contribution in [3.8, 4) is 17.3 Å². The highest BCUT2D eigenvalue weighted by atomic mass is 32.2. The third kappa shape index (κ3) is 3.81. The molecule has 2 aliphatic rings. The summed E-state index contributed by atoms with van der Waals surface area (Å²) in [4.78, 5) is 4.29. The Morgan fingerprint density at radius 3 is 2.44 bits per heavy atom. The molecule has 174 valence electrons. The van der Waals surface area contributed by atoms with Gasteiger partial charge in [0.05, 0.1) is 27.9 Å². The second-order valence-corrected chi connectivity index (χ2v) is 10.1. The molecule has 1 fully saturated rings. The normalized spacial score (nSPS) is 16.7. The van der Waals surface area contributed by atoms with Crippen LogP contribution in [0.25, 0.3) is 27.9 Å². The van der Waals surface area contributed by atoms with Crippen molar-refractivity contribution in [2.24, 2.45) is 0 Å². The van der Waals surface area contributed by atoms with Crippen molar-refractivity contribution >= 4 is 26.6 Å². The summed E-state index contributed by atoms with van der Waals surface area (Å²) < 4.78 is 66.9. The van der Waals surface area contributed by atoms with Gasteiger partial charge in [0.2, 0.25) is 10.0 Å². The van der Waals surface area contributed by atoms with Crippen LogP contribution in [-0.2, 0) is 10.0 Å². The molecule has 34 heavy (non-hydrogen) atoms. The molecular formula is C24H19F3N4O2S. The van der Waals surface area contributed by atoms with Crippen LogP contribution in [0.4, 0.5) is 13.2 Å². The third-order valence-electron chi connectivity index (χ3n) is 6.04. The van der Waals surface area contributed by atoms with Crippen LogP contribution in [0.5, 0.6) is 0 Å². The molecule has 0 saturated heterocycles. The van der Waals surface area contributed by atoms with Gasteiger partial charge in [-0.15, -0.1) is 0 Å². The van der Waals surface area contributed by atoms with Gasteiger partial charge in [0.15, 0.2) is 0 Å². The smallest absolute Gasteiger partial charge is 0.306 e. The van der Waals surface area contributed by atoms with Gasteiger partial charge in [-0.05, 0) is 55.7 Å². The molecule has 2 heterocycles. The first-order valence-corrected chi connectivity index (χ1v) is 12.1. The number of halogens is 3. The molecule has 1 atom stereocenters. The Hall–Kier alpha value is -3.42. The molecule has 0 spiro atoms. The van der Waals surface area contributed by atoms with Crippen LogP contribution in [-0.4, -0.2) is 30.2 Å². The molecule has 3 aromatic rings. The van der Waals surface area contributed by atoms with Gasteiger partial charge in [0, 0.05) is 22.7 Å². The minimum Gasteiger partial charge on any atom is -0.306 e. The van der Waals surface area contributed by atoms with Crippen LogP contribution in [0.15, 0.2) is 59.7 Å². The highest BCUT2D eigenvalue weighted by molar-refractivity contribution is 7.89. The van der Waals surface area contributed by atoms with E-state index in [1.165, 1.54) is 24.3 Å². The molecule has 1 unspecified atom stereocenters. The maximum atomic E-state index is 12.8. The van der Waals surface area contributed by atoms with E-state index in [4.69, 9.17) is 0 Å². The van der Waals surface area contributed by atoms with E-state index in [9.17, 15) is 26.9 Å². The summed E-state index contributed by atoms with van der Waals surface area (Å²) in [6.07, 6.45) is 4.83. The number of fused-ring (bicyclic) bond motifs is 1. The maximum Gasteiger partial charge on any atom is 0.404 e. The van der Waals surface area contributed by atoms with E-state index < -0.39 is 22.2 Å². The van der Waals surface area contributed by atoms with Gasteiger partial charge >= 0.3 is 6.18 Å². The van der Waals surface area contributed by atoms with Crippen molar-refractivity contribution in [1.82, 2.24) is 14.3 Å². The molecule has 2 aliphatic carbocycles. The molecule has 2 aromatic heterocycles. The Labute approximate surface area is 194 Å². The molecule has 0 amide bonds. The Bertz CT molecular complexity index is 1510. The fraction of sp³-hybridized carbons (Fsp3) is 0.250. The molecule has 5 rings (SSSR count). The molecule has 1 saturated carbocycles. The minimum absolute atomic E-state index is 0.297. The van der Waals surface area contributed by atoms with E-state index in [0.29, 0.717) is 22.7 Å². The molecule has 0 radical (unpaired) electrons. The summed E-state index contributed by atoms with van der Waals surface area (Å²) >= 11 is 0. The van der Waals surface area contributed by atoms with Crippen molar-refractivity contribution in [2.45, 2.75) is 42.8 Å². The summed E-state index contributed by atoms with van der Waals surface area (Å²) in [5.41, 5.74) is 4.11. The minimum atomic E-state index is -4.70. The standard InChI is InChI=1S/C24H19F3N4O2S/c1-14(24(25,26)27)30-34(32,33)18-9-7-16(8-10-18)23-20(12-28)19-11-21(15-5-6-15)29-13-22(19)31(23)17-3-2-4-17/h2-4,7-11,13-15,30H,5-6H2,1H3. The third-order valence-corrected chi connectivity index (χ3v) is 7.59. The van der Waals surface area contributed by atoms with Crippen LogP contribution in [0.1, 0.15) is 36.9 Å². The second kappa shape index (κ2) is 7.82. The number of aromatic nitrogens is 2. The van der Waals surface area contributed by atoms with Gasteiger partial charge in [-0.25, -0.2) is 8.42 Å². The van der Waals surface area contributed by atoms with Gasteiger partial charge in [-0.1, -0.05) is 18.2 Å². The van der Waals surface area contributed by atoms with Gasteiger partial charge in [-0.3, -0.25) is 4.98 Å². The summed E-state index contributed by atoms with van der Waals surface area (Å²) in [5.74, 6) is 0.404. The number of hydrogen-bond acceptors (Lipinski definition) is 4. The fourth-order valence-corrected chi connectivity index (χ4v) is 5.18. The molecule has 6 nitrogen and oxygen atoms in total. The number of benzene rings is 1. The number of nitrogens with one attached hydrogen (secondary N) is 1. The Balaban J connectivity index is 1.60. The van der Waals surface area contributed by atoms with Crippen molar-refractivity contribution in [1.29, 1.82) is 5.26 Å². The average Bonchev–Trinajstić information content (AvgIpc) is 3.55. The fourth-order valence-electron chi connectivity index (χ4n) is 3.95. The highest BCUT2D eigenvalue weighted by Gasteiger charge is 2.39. The number of sulfonamides is 1. The SMILES string of the molecule is CC(NS(=O)(=O)c1ccc(-c2c(C#N)c3cc(C4CC4)ncc3n2C2=CC=C2)cc1)C(F)(F)F. The van der Waals surface area contributed by atoms with Crippen LogP contribution in [0.2, 0.25) is 0 Å². The van der Waals surface area contributed by atoms with E-state index in [0.717, 1.165) is 42.1 Å². The highest BCUT2D eigenvalue weighted by Crippen LogP contribution is 2.42. The molecule has 1 N–H and O–H groups in total. The van der Waals surface area contributed by atoms with Gasteiger partial charge < -0.3 is 4.57 Å². The number of allylic oxidation sites excluding steroid dienone is 4. The van der Waals surface area contributed by atoms with Gasteiger partial charge in [0.25, 0.3) is 0 Å². The lowest BCUT2D eigenvalue weighted by Crippen LogP contribution is -2.42. The van der Waals surface area contributed by atoms with E-state index in [-0.39, 0.29) is 4.90 Å². The van der Waals surface area contributed by atoms with Gasteiger partial charge in [-0.2, -0.15) is 23.2 Å². The van der Waals surface area contributed by atoms with E-state index in [2.05, 4.69) is 11.1 Å². The number of nitriles is 1. The Morgan fingerprint density at radius 1 is 1.24 bits per heavy atom. The first kappa shape index (κ1) is 22.4. The molecule has 10 heteroatoms. The van der Waals surface area contributed by atoms with E-state index in [1.807, 2.05) is 28.9 Å². The van der Waals surface area contributed by atoms with Crippen molar-refractivity contribution < 1.29 is 21.6 Å². The largest absolute Gasteiger partial charge is 0.404 e. The molecule has 0 bridgehead atoms. The number of pyridine rings is 1. The van der Waals surface area contributed by atoms with Crippen LogP contribution >= 0.6 is 0 Å². The number of hydrogen-bond donors (Lipinski definition) is 1. The Kier molecular flexibility index (Phi) is 5.15.